The van der Waals surface area contributed by atoms with Crippen LogP contribution >= 0.6 is 0 Å². The number of hydrogen-bond donors (Lipinski definition) is 2. The summed E-state index contributed by atoms with van der Waals surface area (Å²) in [6.07, 6.45) is 0.729. The molecule has 7 nitrogen and oxygen atoms in total. The van der Waals surface area contributed by atoms with Gasteiger partial charge in [0.25, 0.3) is 0 Å². The minimum absolute atomic E-state index is 0.0253. The Balaban J connectivity index is 1.33. The van der Waals surface area contributed by atoms with Gasteiger partial charge in [0.05, 0.1) is 5.92 Å². The lowest BCUT2D eigenvalue weighted by molar-refractivity contribution is -0.147. The van der Waals surface area contributed by atoms with Crippen molar-refractivity contribution in [1.29, 1.82) is 0 Å². The largest absolute Gasteiger partial charge is 0.481 e. The number of benzene rings is 2. The van der Waals surface area contributed by atoms with E-state index in [1.54, 1.807) is 4.90 Å². The van der Waals surface area contributed by atoms with Crippen LogP contribution in [0.15, 0.2) is 48.5 Å². The van der Waals surface area contributed by atoms with Crippen molar-refractivity contribution in [3.63, 3.8) is 0 Å². The van der Waals surface area contributed by atoms with Gasteiger partial charge in [-0.15, -0.1) is 0 Å². The molecule has 2 aromatic rings. The Labute approximate surface area is 200 Å². The number of ether oxygens (including phenoxy) is 1. The van der Waals surface area contributed by atoms with Gasteiger partial charge in [0.15, 0.2) is 0 Å². The summed E-state index contributed by atoms with van der Waals surface area (Å²) in [6, 6.07) is 15.9. The molecule has 2 N–H and O–H groups in total. The van der Waals surface area contributed by atoms with Crippen molar-refractivity contribution in [2.75, 3.05) is 19.7 Å². The van der Waals surface area contributed by atoms with Crippen LogP contribution in [0.3, 0.4) is 0 Å². The molecule has 0 saturated carbocycles. The lowest BCUT2D eigenvalue weighted by Gasteiger charge is -2.35. The van der Waals surface area contributed by atoms with Gasteiger partial charge in [0.2, 0.25) is 5.91 Å². The van der Waals surface area contributed by atoms with Crippen LogP contribution in [0, 0.1) is 11.8 Å². The third-order valence-corrected chi connectivity index (χ3v) is 6.94. The number of hydrogen-bond acceptors (Lipinski definition) is 4. The van der Waals surface area contributed by atoms with Crippen molar-refractivity contribution in [3.05, 3.63) is 59.7 Å². The SMILES string of the molecule is CCC(CC(=O)N1CC(C)CC(C(=O)O)C1)NC(=O)OCC1c2ccccc2-c2ccccc21. The van der Waals surface area contributed by atoms with Gasteiger partial charge in [-0.3, -0.25) is 9.59 Å². The summed E-state index contributed by atoms with van der Waals surface area (Å²) in [5.41, 5.74) is 4.62. The maximum Gasteiger partial charge on any atom is 0.407 e. The molecular formula is C27H32N2O5. The van der Waals surface area contributed by atoms with E-state index in [4.69, 9.17) is 4.74 Å². The number of carbonyl (C=O) groups is 3. The highest BCUT2D eigenvalue weighted by molar-refractivity contribution is 5.80. The molecule has 1 saturated heterocycles. The zero-order valence-electron chi connectivity index (χ0n) is 19.7. The number of piperidine rings is 1. The Morgan fingerprint density at radius 2 is 1.68 bits per heavy atom. The van der Waals surface area contributed by atoms with Gasteiger partial charge in [-0.05, 0) is 41.0 Å². The van der Waals surface area contributed by atoms with Gasteiger partial charge < -0.3 is 20.1 Å². The van der Waals surface area contributed by atoms with Crippen LogP contribution in [0.25, 0.3) is 11.1 Å². The van der Waals surface area contributed by atoms with Crippen LogP contribution < -0.4 is 5.32 Å². The number of rotatable bonds is 7. The quantitative estimate of drug-likeness (QED) is 0.638. The number of carbonyl (C=O) groups excluding carboxylic acids is 2. The first-order chi connectivity index (χ1) is 16.4. The van der Waals surface area contributed by atoms with Crippen molar-refractivity contribution < 1.29 is 24.2 Å². The van der Waals surface area contributed by atoms with Crippen molar-refractivity contribution in [2.45, 2.75) is 45.1 Å². The monoisotopic (exact) mass is 464 g/mol. The highest BCUT2D eigenvalue weighted by atomic mass is 16.5. The maximum atomic E-state index is 12.8. The summed E-state index contributed by atoms with van der Waals surface area (Å²) in [4.78, 5) is 38.5. The Morgan fingerprint density at radius 1 is 1.06 bits per heavy atom. The third kappa shape index (κ3) is 5.08. The van der Waals surface area contributed by atoms with E-state index in [0.717, 1.165) is 11.1 Å². The van der Waals surface area contributed by atoms with Crippen molar-refractivity contribution >= 4 is 18.0 Å². The van der Waals surface area contributed by atoms with Crippen molar-refractivity contribution in [2.24, 2.45) is 11.8 Å². The van der Waals surface area contributed by atoms with Gasteiger partial charge in [0.1, 0.15) is 6.61 Å². The molecule has 34 heavy (non-hydrogen) atoms. The van der Waals surface area contributed by atoms with Crippen LogP contribution in [-0.4, -0.2) is 53.7 Å². The summed E-state index contributed by atoms with van der Waals surface area (Å²) in [5.74, 6) is -1.43. The number of carboxylic acid groups (broad SMARTS) is 1. The lowest BCUT2D eigenvalue weighted by Crippen LogP contribution is -2.47. The average Bonchev–Trinajstić information content (AvgIpc) is 3.15. The molecule has 2 aromatic carbocycles. The normalized spacial score (nSPS) is 20.2. The molecule has 7 heteroatoms. The third-order valence-electron chi connectivity index (χ3n) is 6.94. The summed E-state index contributed by atoms with van der Waals surface area (Å²) >= 11 is 0. The second-order valence-corrected chi connectivity index (χ2v) is 9.45. The summed E-state index contributed by atoms with van der Waals surface area (Å²) in [7, 11) is 0. The van der Waals surface area contributed by atoms with E-state index in [2.05, 4.69) is 29.6 Å². The fourth-order valence-corrected chi connectivity index (χ4v) is 5.18. The molecule has 0 aromatic heterocycles. The van der Waals surface area contributed by atoms with Crippen LogP contribution in [0.2, 0.25) is 0 Å². The van der Waals surface area contributed by atoms with Gasteiger partial charge in [-0.25, -0.2) is 4.79 Å². The lowest BCUT2D eigenvalue weighted by atomic mass is 9.90. The summed E-state index contributed by atoms with van der Waals surface area (Å²) in [6.45, 7) is 4.85. The molecule has 1 aliphatic heterocycles. The zero-order valence-corrected chi connectivity index (χ0v) is 19.7. The molecule has 3 atom stereocenters. The van der Waals surface area contributed by atoms with Crippen LogP contribution in [0.4, 0.5) is 4.79 Å². The molecule has 4 rings (SSSR count). The predicted molar refractivity (Wildman–Crippen MR) is 128 cm³/mol. The second-order valence-electron chi connectivity index (χ2n) is 9.45. The molecule has 180 valence electrons. The number of nitrogens with zero attached hydrogens (tertiary/aromatic N) is 1. The maximum absolute atomic E-state index is 12.8. The van der Waals surface area contributed by atoms with Gasteiger partial charge >= 0.3 is 12.1 Å². The number of likely N-dealkylation sites (tertiary alicyclic amines) is 1. The number of aliphatic carboxylic acids is 1. The Hall–Kier alpha value is -3.35. The van der Waals surface area contributed by atoms with Gasteiger partial charge in [0, 0.05) is 31.5 Å². The van der Waals surface area contributed by atoms with E-state index < -0.39 is 18.0 Å². The standard InChI is InChI=1S/C27H32N2O5/c1-3-19(13-25(30)29-14-17(2)12-18(15-29)26(31)32)28-27(33)34-16-24-22-10-6-4-8-20(22)21-9-5-7-11-23(21)24/h4-11,17-19,24H,3,12-16H2,1-2H3,(H,28,33)(H,31,32). The van der Waals surface area contributed by atoms with Crippen LogP contribution in [-0.2, 0) is 14.3 Å². The van der Waals surface area contributed by atoms with Crippen LogP contribution in [0.5, 0.6) is 0 Å². The fourth-order valence-electron chi connectivity index (χ4n) is 5.18. The highest BCUT2D eigenvalue weighted by Crippen LogP contribution is 2.44. The molecular weight excluding hydrogens is 432 g/mol. The molecule has 2 aliphatic rings. The van der Waals surface area contributed by atoms with Crippen LogP contribution in [0.1, 0.15) is 50.2 Å². The van der Waals surface area contributed by atoms with Crippen molar-refractivity contribution in [3.8, 4) is 11.1 Å². The van der Waals surface area contributed by atoms with Gasteiger partial charge in [-0.2, -0.15) is 0 Å². The fraction of sp³-hybridized carbons (Fsp3) is 0.444. The Bertz CT molecular complexity index is 1020. The molecule has 0 spiro atoms. The second kappa shape index (κ2) is 10.3. The topological polar surface area (TPSA) is 95.9 Å². The average molecular weight is 465 g/mol. The number of nitrogens with one attached hydrogen (secondary N) is 1. The molecule has 1 aliphatic carbocycles. The van der Waals surface area contributed by atoms with E-state index in [1.165, 1.54) is 11.1 Å². The molecule has 2 amide bonds. The Morgan fingerprint density at radius 3 is 2.26 bits per heavy atom. The highest BCUT2D eigenvalue weighted by Gasteiger charge is 2.33. The van der Waals surface area contributed by atoms with E-state index in [9.17, 15) is 19.5 Å². The van der Waals surface area contributed by atoms with E-state index in [0.29, 0.717) is 19.4 Å². The molecule has 1 heterocycles. The first-order valence-corrected chi connectivity index (χ1v) is 12.0. The first-order valence-electron chi connectivity index (χ1n) is 12.0. The number of carboxylic acids is 1. The first kappa shape index (κ1) is 23.8. The van der Waals surface area contributed by atoms with Crippen molar-refractivity contribution in [1.82, 2.24) is 10.2 Å². The Kier molecular flexibility index (Phi) is 7.20. The smallest absolute Gasteiger partial charge is 0.407 e. The summed E-state index contributed by atoms with van der Waals surface area (Å²) < 4.78 is 5.61. The minimum Gasteiger partial charge on any atom is -0.481 e. The molecule has 0 radical (unpaired) electrons. The van der Waals surface area contributed by atoms with E-state index in [-0.39, 0.29) is 43.4 Å². The van der Waals surface area contributed by atoms with Gasteiger partial charge in [-0.1, -0.05) is 62.4 Å². The number of amides is 2. The van der Waals surface area contributed by atoms with E-state index >= 15 is 0 Å². The predicted octanol–water partition coefficient (Wildman–Crippen LogP) is 4.26. The molecule has 3 unspecified atom stereocenters. The zero-order chi connectivity index (χ0) is 24.2. The van der Waals surface area contributed by atoms with E-state index in [1.807, 2.05) is 38.1 Å². The summed E-state index contributed by atoms with van der Waals surface area (Å²) in [5, 5.41) is 12.2. The molecule has 0 bridgehead atoms. The number of fused-ring (bicyclic) bond motifs is 3. The number of alkyl carbamates (subject to hydrolysis) is 1. The minimum atomic E-state index is -0.867. The molecule has 1 fully saturated rings.